The molecular weight excluding hydrogens is 444 g/mol. The summed E-state index contributed by atoms with van der Waals surface area (Å²) in [4.78, 5) is 27.6. The number of benzene rings is 3. The summed E-state index contributed by atoms with van der Waals surface area (Å²) in [6, 6.07) is 21.5. The Bertz CT molecular complexity index is 1420. The van der Waals surface area contributed by atoms with Gasteiger partial charge >= 0.3 is 0 Å². The second-order valence-electron chi connectivity index (χ2n) is 7.03. The fourth-order valence-electron chi connectivity index (χ4n) is 3.30. The van der Waals surface area contributed by atoms with Gasteiger partial charge < -0.3 is 5.32 Å². The van der Waals surface area contributed by atoms with Crippen molar-refractivity contribution in [3.63, 3.8) is 0 Å². The number of nitrogens with zero attached hydrogens (tertiary/aromatic N) is 3. The van der Waals surface area contributed by atoms with Crippen LogP contribution in [0.1, 0.15) is 0 Å². The van der Waals surface area contributed by atoms with Crippen LogP contribution in [0.3, 0.4) is 0 Å². The SMILES string of the molecule is O=C(CN(c1ccc([N+](=O)[O-])cc1)S(=O)(=O)c1ccccc1)Nc1cccc2cccnc12. The molecule has 1 aromatic heterocycles. The maximum atomic E-state index is 13.4. The number of sulfonamides is 1. The third kappa shape index (κ3) is 4.65. The van der Waals surface area contributed by atoms with Gasteiger partial charge in [0.2, 0.25) is 5.91 Å². The van der Waals surface area contributed by atoms with Gasteiger partial charge in [-0.1, -0.05) is 36.4 Å². The van der Waals surface area contributed by atoms with E-state index in [4.69, 9.17) is 0 Å². The molecule has 0 saturated heterocycles. The van der Waals surface area contributed by atoms with Crippen molar-refractivity contribution in [1.82, 2.24) is 4.98 Å². The molecule has 0 unspecified atom stereocenters. The van der Waals surface area contributed by atoms with E-state index in [2.05, 4.69) is 10.3 Å². The Labute approximate surface area is 189 Å². The van der Waals surface area contributed by atoms with Crippen molar-refractivity contribution in [2.75, 3.05) is 16.2 Å². The molecule has 1 N–H and O–H groups in total. The molecule has 3 aromatic carbocycles. The van der Waals surface area contributed by atoms with Crippen LogP contribution in [0.2, 0.25) is 0 Å². The van der Waals surface area contributed by atoms with Crippen LogP contribution >= 0.6 is 0 Å². The number of non-ortho nitro benzene ring substituents is 1. The molecule has 4 rings (SSSR count). The van der Waals surface area contributed by atoms with Crippen LogP contribution in [-0.4, -0.2) is 30.8 Å². The number of pyridine rings is 1. The molecule has 0 aliphatic carbocycles. The molecule has 0 atom stereocenters. The minimum absolute atomic E-state index is 0.0111. The fraction of sp³-hybridized carbons (Fsp3) is 0.0435. The van der Waals surface area contributed by atoms with Gasteiger partial charge in [-0.25, -0.2) is 8.42 Å². The van der Waals surface area contributed by atoms with Crippen molar-refractivity contribution >= 4 is 43.9 Å². The van der Waals surface area contributed by atoms with Gasteiger partial charge in [-0.3, -0.25) is 24.2 Å². The molecule has 0 aliphatic rings. The number of aromatic nitrogens is 1. The average molecular weight is 462 g/mol. The van der Waals surface area contributed by atoms with E-state index in [-0.39, 0.29) is 16.3 Å². The van der Waals surface area contributed by atoms with Gasteiger partial charge in [-0.15, -0.1) is 0 Å². The van der Waals surface area contributed by atoms with E-state index in [0.29, 0.717) is 11.2 Å². The van der Waals surface area contributed by atoms with Crippen molar-refractivity contribution in [1.29, 1.82) is 0 Å². The lowest BCUT2D eigenvalue weighted by Crippen LogP contribution is -2.38. The number of nitrogens with one attached hydrogen (secondary N) is 1. The van der Waals surface area contributed by atoms with Gasteiger partial charge in [-0.05, 0) is 36.4 Å². The lowest BCUT2D eigenvalue weighted by Gasteiger charge is -2.24. The molecule has 0 aliphatic heterocycles. The van der Waals surface area contributed by atoms with Crippen LogP contribution in [0, 0.1) is 10.1 Å². The molecule has 1 amide bonds. The molecule has 10 heteroatoms. The normalized spacial score (nSPS) is 11.2. The van der Waals surface area contributed by atoms with Gasteiger partial charge in [0.15, 0.2) is 0 Å². The van der Waals surface area contributed by atoms with Crippen molar-refractivity contribution in [2.45, 2.75) is 4.90 Å². The summed E-state index contributed by atoms with van der Waals surface area (Å²) >= 11 is 0. The number of hydrogen-bond acceptors (Lipinski definition) is 6. The Morgan fingerprint density at radius 3 is 2.33 bits per heavy atom. The number of fused-ring (bicyclic) bond motifs is 1. The second-order valence-corrected chi connectivity index (χ2v) is 8.89. The number of rotatable bonds is 7. The lowest BCUT2D eigenvalue weighted by atomic mass is 10.2. The lowest BCUT2D eigenvalue weighted by molar-refractivity contribution is -0.384. The summed E-state index contributed by atoms with van der Waals surface area (Å²) in [6.07, 6.45) is 1.60. The highest BCUT2D eigenvalue weighted by Gasteiger charge is 2.27. The van der Waals surface area contributed by atoms with Crippen molar-refractivity contribution in [3.8, 4) is 0 Å². The van der Waals surface area contributed by atoms with Crippen LogP contribution in [0.5, 0.6) is 0 Å². The van der Waals surface area contributed by atoms with Crippen LogP contribution in [0.25, 0.3) is 10.9 Å². The first-order chi connectivity index (χ1) is 15.9. The Balaban J connectivity index is 1.68. The molecule has 0 fully saturated rings. The van der Waals surface area contributed by atoms with E-state index in [0.717, 1.165) is 9.69 Å². The third-order valence-corrected chi connectivity index (χ3v) is 6.66. The molecule has 1 heterocycles. The van der Waals surface area contributed by atoms with Gasteiger partial charge in [-0.2, -0.15) is 0 Å². The smallest absolute Gasteiger partial charge is 0.269 e. The number of carbonyl (C=O) groups is 1. The van der Waals surface area contributed by atoms with E-state index < -0.39 is 27.4 Å². The van der Waals surface area contributed by atoms with E-state index in [1.807, 2.05) is 12.1 Å². The average Bonchev–Trinajstić information content (AvgIpc) is 2.83. The first-order valence-electron chi connectivity index (χ1n) is 9.82. The minimum atomic E-state index is -4.13. The van der Waals surface area contributed by atoms with Gasteiger partial charge in [0.1, 0.15) is 6.54 Å². The summed E-state index contributed by atoms with van der Waals surface area (Å²) in [5, 5.41) is 14.5. The second kappa shape index (κ2) is 9.05. The van der Waals surface area contributed by atoms with Crippen molar-refractivity contribution in [3.05, 3.63) is 101 Å². The number of carbonyl (C=O) groups excluding carboxylic acids is 1. The third-order valence-electron chi connectivity index (χ3n) is 4.87. The van der Waals surface area contributed by atoms with E-state index >= 15 is 0 Å². The molecule has 0 saturated carbocycles. The summed E-state index contributed by atoms with van der Waals surface area (Å²) in [5.41, 5.74) is 0.942. The zero-order chi connectivity index (χ0) is 23.4. The molecule has 9 nitrogen and oxygen atoms in total. The molecule has 166 valence electrons. The van der Waals surface area contributed by atoms with Gasteiger partial charge in [0.25, 0.3) is 15.7 Å². The quantitative estimate of drug-likeness (QED) is 0.327. The zero-order valence-electron chi connectivity index (χ0n) is 17.2. The Morgan fingerprint density at radius 1 is 0.939 bits per heavy atom. The number of nitro groups is 1. The predicted molar refractivity (Wildman–Crippen MR) is 124 cm³/mol. The number of nitro benzene ring substituents is 1. The number of hydrogen-bond donors (Lipinski definition) is 1. The number of anilines is 2. The standard InChI is InChI=1S/C23H18N4O5S/c28-22(25-21-10-4-6-17-7-5-15-24-23(17)21)16-26(18-11-13-19(14-12-18)27(29)30)33(31,32)20-8-2-1-3-9-20/h1-15H,16H2,(H,25,28). The van der Waals surface area contributed by atoms with E-state index in [9.17, 15) is 23.3 Å². The Hall–Kier alpha value is -4.31. The summed E-state index contributed by atoms with van der Waals surface area (Å²) in [5.74, 6) is -0.592. The van der Waals surface area contributed by atoms with Crippen LogP contribution in [0.15, 0.2) is 96.0 Å². The molecule has 33 heavy (non-hydrogen) atoms. The highest BCUT2D eigenvalue weighted by molar-refractivity contribution is 7.92. The molecule has 0 bridgehead atoms. The van der Waals surface area contributed by atoms with E-state index in [1.165, 1.54) is 36.4 Å². The Kier molecular flexibility index (Phi) is 6.01. The predicted octanol–water partition coefficient (Wildman–Crippen LogP) is 3.98. The maximum Gasteiger partial charge on any atom is 0.269 e. The van der Waals surface area contributed by atoms with Gasteiger partial charge in [0.05, 0.1) is 26.7 Å². The molecular formula is C23H18N4O5S. The van der Waals surface area contributed by atoms with Crippen LogP contribution in [-0.2, 0) is 14.8 Å². The Morgan fingerprint density at radius 2 is 1.64 bits per heavy atom. The number of amides is 1. The first-order valence-corrected chi connectivity index (χ1v) is 11.3. The van der Waals surface area contributed by atoms with Crippen LogP contribution in [0.4, 0.5) is 17.1 Å². The first kappa shape index (κ1) is 21.9. The largest absolute Gasteiger partial charge is 0.323 e. The summed E-state index contributed by atoms with van der Waals surface area (Å²) in [7, 11) is -4.13. The van der Waals surface area contributed by atoms with Gasteiger partial charge in [0, 0.05) is 23.7 Å². The van der Waals surface area contributed by atoms with Crippen LogP contribution < -0.4 is 9.62 Å². The zero-order valence-corrected chi connectivity index (χ0v) is 18.0. The highest BCUT2D eigenvalue weighted by Crippen LogP contribution is 2.26. The summed E-state index contributed by atoms with van der Waals surface area (Å²) in [6.45, 7) is -0.543. The maximum absolute atomic E-state index is 13.4. The summed E-state index contributed by atoms with van der Waals surface area (Å²) < 4.78 is 27.6. The van der Waals surface area contributed by atoms with E-state index in [1.54, 1.807) is 42.6 Å². The topological polar surface area (TPSA) is 123 Å². The monoisotopic (exact) mass is 462 g/mol. The molecule has 4 aromatic rings. The van der Waals surface area contributed by atoms with Crippen molar-refractivity contribution in [2.24, 2.45) is 0 Å². The molecule has 0 radical (unpaired) electrons. The fourth-order valence-corrected chi connectivity index (χ4v) is 4.74. The molecule has 0 spiro atoms. The highest BCUT2D eigenvalue weighted by atomic mass is 32.2. The van der Waals surface area contributed by atoms with Crippen molar-refractivity contribution < 1.29 is 18.1 Å². The number of para-hydroxylation sites is 1. The minimum Gasteiger partial charge on any atom is -0.323 e.